The molecule has 0 amide bonds. The van der Waals surface area contributed by atoms with Gasteiger partial charge in [0.2, 0.25) is 5.69 Å². The van der Waals surface area contributed by atoms with E-state index in [0.29, 0.717) is 10.7 Å². The Kier molecular flexibility index (Phi) is 4.28. The van der Waals surface area contributed by atoms with Crippen molar-refractivity contribution in [3.05, 3.63) is 64.3 Å². The predicted octanol–water partition coefficient (Wildman–Crippen LogP) is 4.32. The number of halogens is 1. The van der Waals surface area contributed by atoms with E-state index in [4.69, 9.17) is 11.6 Å². The molecule has 0 fully saturated rings. The first-order chi connectivity index (χ1) is 8.69. The van der Waals surface area contributed by atoms with Crippen LogP contribution in [0.1, 0.15) is 5.56 Å². The summed E-state index contributed by atoms with van der Waals surface area (Å²) in [6.07, 6.45) is 3.54. The van der Waals surface area contributed by atoms with Crippen molar-refractivity contribution in [2.75, 3.05) is 6.26 Å². The second kappa shape index (κ2) is 5.94. The van der Waals surface area contributed by atoms with E-state index in [2.05, 4.69) is 0 Å². The van der Waals surface area contributed by atoms with Crippen LogP contribution in [0.3, 0.4) is 0 Å². The van der Waals surface area contributed by atoms with Gasteiger partial charge in [-0.3, -0.25) is 0 Å². The van der Waals surface area contributed by atoms with Gasteiger partial charge in [0.1, 0.15) is 0 Å². The number of rotatable bonds is 3. The highest BCUT2D eigenvalue weighted by molar-refractivity contribution is 7.98. The third-order valence-electron chi connectivity index (χ3n) is 2.46. The maximum Gasteiger partial charge on any atom is 0.216 e. The van der Waals surface area contributed by atoms with E-state index >= 15 is 0 Å². The Balaban J connectivity index is 2.23. The highest BCUT2D eigenvalue weighted by atomic mass is 35.5. The van der Waals surface area contributed by atoms with Crippen molar-refractivity contribution in [2.24, 2.45) is 0 Å². The molecule has 0 N–H and O–H groups in total. The minimum Gasteiger partial charge on any atom is -0.618 e. The first kappa shape index (κ1) is 13.0. The zero-order valence-electron chi connectivity index (χ0n) is 9.84. The zero-order chi connectivity index (χ0) is 13.0. The monoisotopic (exact) mass is 277 g/mol. The summed E-state index contributed by atoms with van der Waals surface area (Å²) >= 11 is 7.44. The van der Waals surface area contributed by atoms with Crippen LogP contribution in [-0.4, -0.2) is 17.2 Å². The van der Waals surface area contributed by atoms with Gasteiger partial charge in [0.25, 0.3) is 0 Å². The molecule has 0 aliphatic heterocycles. The fraction of sp³-hybridized carbons (Fsp3) is 0.0714. The van der Waals surface area contributed by atoms with E-state index in [1.165, 1.54) is 6.21 Å². The maximum atomic E-state index is 11.9. The topological polar surface area (TPSA) is 26.1 Å². The normalized spacial score (nSPS) is 11.6. The molecule has 0 radical (unpaired) electrons. The lowest BCUT2D eigenvalue weighted by atomic mass is 10.2. The summed E-state index contributed by atoms with van der Waals surface area (Å²) < 4.78 is 0.855. The van der Waals surface area contributed by atoms with Gasteiger partial charge in [-0.15, -0.1) is 11.8 Å². The van der Waals surface area contributed by atoms with Gasteiger partial charge in [-0.05, 0) is 42.7 Å². The molecule has 4 heteroatoms. The molecule has 2 rings (SSSR count). The van der Waals surface area contributed by atoms with Crippen LogP contribution >= 0.6 is 23.4 Å². The Hall–Kier alpha value is -1.45. The molecule has 2 aromatic rings. The molecule has 18 heavy (non-hydrogen) atoms. The molecule has 0 saturated heterocycles. The fourth-order valence-electron chi connectivity index (χ4n) is 1.49. The minimum absolute atomic E-state index is 0.614. The number of hydrogen-bond acceptors (Lipinski definition) is 2. The van der Waals surface area contributed by atoms with Crippen LogP contribution in [0.5, 0.6) is 0 Å². The van der Waals surface area contributed by atoms with Crippen LogP contribution in [-0.2, 0) is 0 Å². The smallest absolute Gasteiger partial charge is 0.216 e. The van der Waals surface area contributed by atoms with Crippen molar-refractivity contribution in [3.8, 4) is 0 Å². The van der Waals surface area contributed by atoms with Gasteiger partial charge in [0.05, 0.1) is 0 Å². The van der Waals surface area contributed by atoms with Crippen molar-refractivity contribution in [1.29, 1.82) is 0 Å². The number of nitrogens with zero attached hydrogens (tertiary/aromatic N) is 1. The summed E-state index contributed by atoms with van der Waals surface area (Å²) in [5.74, 6) is 0. The Bertz CT molecular complexity index is 549. The van der Waals surface area contributed by atoms with Crippen molar-refractivity contribution >= 4 is 35.3 Å². The molecular weight excluding hydrogens is 266 g/mol. The van der Waals surface area contributed by atoms with Gasteiger partial charge in [-0.25, -0.2) is 0 Å². The molecule has 0 aliphatic rings. The SMILES string of the molecule is CSc1ccc([N+]([O-])=Cc2ccc(Cl)cc2)cc1. The Morgan fingerprint density at radius 1 is 1.06 bits per heavy atom. The van der Waals surface area contributed by atoms with E-state index in [-0.39, 0.29) is 0 Å². The molecule has 2 nitrogen and oxygen atoms in total. The average molecular weight is 278 g/mol. The quantitative estimate of drug-likeness (QED) is 0.274. The van der Waals surface area contributed by atoms with E-state index in [0.717, 1.165) is 15.2 Å². The van der Waals surface area contributed by atoms with Crippen LogP contribution in [0, 0.1) is 5.21 Å². The molecule has 0 spiro atoms. The van der Waals surface area contributed by atoms with Gasteiger partial charge in [-0.2, -0.15) is 4.74 Å². The van der Waals surface area contributed by atoms with Gasteiger partial charge < -0.3 is 5.21 Å². The van der Waals surface area contributed by atoms with Gasteiger partial charge in [-0.1, -0.05) is 11.6 Å². The van der Waals surface area contributed by atoms with E-state index in [1.54, 1.807) is 23.9 Å². The zero-order valence-corrected chi connectivity index (χ0v) is 11.4. The molecule has 0 atom stereocenters. The lowest BCUT2D eigenvalue weighted by Gasteiger charge is -2.03. The Morgan fingerprint density at radius 2 is 1.67 bits per heavy atom. The standard InChI is InChI=1S/C14H12ClNOS/c1-18-14-8-6-13(7-9-14)16(17)10-11-2-4-12(15)5-3-11/h2-10H,1H3. The molecule has 0 saturated carbocycles. The van der Waals surface area contributed by atoms with Crippen LogP contribution in [0.4, 0.5) is 5.69 Å². The van der Waals surface area contributed by atoms with E-state index < -0.39 is 0 Å². The first-order valence-electron chi connectivity index (χ1n) is 5.40. The molecule has 0 bridgehead atoms. The molecular formula is C14H12ClNOS. The number of benzene rings is 2. The lowest BCUT2D eigenvalue weighted by molar-refractivity contribution is -0.354. The molecule has 0 heterocycles. The molecule has 2 aromatic carbocycles. The highest BCUT2D eigenvalue weighted by Crippen LogP contribution is 2.19. The summed E-state index contributed by atoms with van der Waals surface area (Å²) in [5.41, 5.74) is 1.44. The van der Waals surface area contributed by atoms with Crippen molar-refractivity contribution in [3.63, 3.8) is 0 Å². The van der Waals surface area contributed by atoms with Crippen LogP contribution in [0.2, 0.25) is 5.02 Å². The van der Waals surface area contributed by atoms with E-state index in [1.807, 2.05) is 42.7 Å². The third-order valence-corrected chi connectivity index (χ3v) is 3.46. The fourth-order valence-corrected chi connectivity index (χ4v) is 2.02. The molecule has 92 valence electrons. The van der Waals surface area contributed by atoms with Gasteiger partial charge in [0.15, 0.2) is 6.21 Å². The van der Waals surface area contributed by atoms with Crippen molar-refractivity contribution < 1.29 is 4.74 Å². The molecule has 0 aliphatic carbocycles. The third kappa shape index (κ3) is 3.28. The second-order valence-corrected chi connectivity index (χ2v) is 5.02. The second-order valence-electron chi connectivity index (χ2n) is 3.70. The number of thioether (sulfide) groups is 1. The largest absolute Gasteiger partial charge is 0.618 e. The van der Waals surface area contributed by atoms with Crippen LogP contribution < -0.4 is 0 Å². The average Bonchev–Trinajstić information content (AvgIpc) is 2.41. The molecule has 0 unspecified atom stereocenters. The van der Waals surface area contributed by atoms with Crippen LogP contribution in [0.15, 0.2) is 53.4 Å². The molecule has 0 aromatic heterocycles. The minimum atomic E-state index is 0.614. The summed E-state index contributed by atoms with van der Waals surface area (Å²) in [7, 11) is 0. The summed E-state index contributed by atoms with van der Waals surface area (Å²) in [5, 5.41) is 12.6. The van der Waals surface area contributed by atoms with Crippen molar-refractivity contribution in [2.45, 2.75) is 4.90 Å². The van der Waals surface area contributed by atoms with Gasteiger partial charge >= 0.3 is 0 Å². The Labute approximate surface area is 115 Å². The Morgan fingerprint density at radius 3 is 2.22 bits per heavy atom. The highest BCUT2D eigenvalue weighted by Gasteiger charge is 2.02. The maximum absolute atomic E-state index is 11.9. The van der Waals surface area contributed by atoms with E-state index in [9.17, 15) is 5.21 Å². The first-order valence-corrected chi connectivity index (χ1v) is 7.00. The summed E-state index contributed by atoms with van der Waals surface area (Å²) in [6, 6.07) is 14.6. The predicted molar refractivity (Wildman–Crippen MR) is 78.1 cm³/mol. The number of hydrogen-bond donors (Lipinski definition) is 0. The summed E-state index contributed by atoms with van der Waals surface area (Å²) in [4.78, 5) is 1.14. The van der Waals surface area contributed by atoms with Crippen LogP contribution in [0.25, 0.3) is 0 Å². The van der Waals surface area contributed by atoms with Gasteiger partial charge in [0, 0.05) is 27.6 Å². The summed E-state index contributed by atoms with van der Waals surface area (Å²) in [6.45, 7) is 0. The lowest BCUT2D eigenvalue weighted by Crippen LogP contribution is -1.98. The van der Waals surface area contributed by atoms with Crippen molar-refractivity contribution in [1.82, 2.24) is 0 Å².